The van der Waals surface area contributed by atoms with Gasteiger partial charge in [-0.25, -0.2) is 15.0 Å². The molecule has 9 nitrogen and oxygen atoms in total. The number of hydrogen-bond acceptors (Lipinski definition) is 9. The van der Waals surface area contributed by atoms with E-state index < -0.39 is 12.6 Å². The number of para-hydroxylation sites is 2. The van der Waals surface area contributed by atoms with Gasteiger partial charge in [0.25, 0.3) is 0 Å². The fourth-order valence-electron chi connectivity index (χ4n) is 3.23. The molecule has 10 heteroatoms. The Bertz CT molecular complexity index is 1210. The third-order valence-electron chi connectivity index (χ3n) is 4.77. The number of rotatable bonds is 9. The Hall–Kier alpha value is -3.60. The standard InChI is InChI=1S/C25H22ClN3O6/c26-16-11-9-15(10-12-16)23-27-24(17-5-1-3-7-19(17)34-13-21(30)31)29-25(28-23)18-6-2-4-8-20(18)35-14-22(32)33/h1-12,21-22,30-33H,13-14H2. The van der Waals surface area contributed by atoms with Gasteiger partial charge in [-0.3, -0.25) is 0 Å². The molecule has 1 heterocycles. The van der Waals surface area contributed by atoms with Crippen LogP contribution in [0.1, 0.15) is 0 Å². The number of nitrogens with zero attached hydrogens (tertiary/aromatic N) is 3. The van der Waals surface area contributed by atoms with Gasteiger partial charge in [-0.05, 0) is 48.5 Å². The predicted octanol–water partition coefficient (Wildman–Crippen LogP) is 2.91. The van der Waals surface area contributed by atoms with Gasteiger partial charge in [-0.2, -0.15) is 0 Å². The summed E-state index contributed by atoms with van der Waals surface area (Å²) < 4.78 is 11.1. The second-order valence-electron chi connectivity index (χ2n) is 7.39. The molecule has 0 amide bonds. The molecule has 4 aromatic rings. The quantitative estimate of drug-likeness (QED) is 0.258. The first-order valence-electron chi connectivity index (χ1n) is 10.6. The Morgan fingerprint density at radius 3 is 1.49 bits per heavy atom. The molecule has 0 aliphatic carbocycles. The van der Waals surface area contributed by atoms with E-state index in [-0.39, 0.29) is 24.9 Å². The van der Waals surface area contributed by atoms with Crippen LogP contribution in [0, 0.1) is 0 Å². The summed E-state index contributed by atoms with van der Waals surface area (Å²) in [5, 5.41) is 37.5. The highest BCUT2D eigenvalue weighted by Gasteiger charge is 2.18. The second kappa shape index (κ2) is 11.2. The molecule has 0 unspecified atom stereocenters. The summed E-state index contributed by atoms with van der Waals surface area (Å²) >= 11 is 6.05. The van der Waals surface area contributed by atoms with Gasteiger partial charge in [-0.1, -0.05) is 35.9 Å². The van der Waals surface area contributed by atoms with Crippen molar-refractivity contribution in [3.8, 4) is 45.7 Å². The van der Waals surface area contributed by atoms with Crippen molar-refractivity contribution in [2.24, 2.45) is 0 Å². The van der Waals surface area contributed by atoms with E-state index in [2.05, 4.69) is 15.0 Å². The molecular weight excluding hydrogens is 474 g/mol. The highest BCUT2D eigenvalue weighted by molar-refractivity contribution is 6.30. The van der Waals surface area contributed by atoms with Gasteiger partial charge in [0.2, 0.25) is 0 Å². The van der Waals surface area contributed by atoms with Crippen molar-refractivity contribution < 1.29 is 29.9 Å². The zero-order valence-electron chi connectivity index (χ0n) is 18.3. The summed E-state index contributed by atoms with van der Waals surface area (Å²) in [6, 6.07) is 20.9. The van der Waals surface area contributed by atoms with Crippen molar-refractivity contribution in [3.63, 3.8) is 0 Å². The molecule has 0 saturated heterocycles. The van der Waals surface area contributed by atoms with E-state index >= 15 is 0 Å². The normalized spacial score (nSPS) is 11.2. The van der Waals surface area contributed by atoms with E-state index in [1.54, 1.807) is 72.8 Å². The SMILES string of the molecule is OC(O)COc1ccccc1-c1nc(-c2ccc(Cl)cc2)nc(-c2ccccc2OCC(O)O)n1. The molecule has 3 aromatic carbocycles. The molecule has 4 N–H and O–H groups in total. The van der Waals surface area contributed by atoms with E-state index in [1.807, 2.05) is 0 Å². The molecule has 0 aliphatic rings. The molecule has 0 bridgehead atoms. The Balaban J connectivity index is 1.86. The first-order chi connectivity index (χ1) is 16.9. The molecule has 35 heavy (non-hydrogen) atoms. The van der Waals surface area contributed by atoms with Gasteiger partial charge in [-0.15, -0.1) is 0 Å². The number of aliphatic hydroxyl groups excluding tert-OH is 2. The second-order valence-corrected chi connectivity index (χ2v) is 7.83. The van der Waals surface area contributed by atoms with Crippen molar-refractivity contribution in [3.05, 3.63) is 77.8 Å². The average molecular weight is 496 g/mol. The van der Waals surface area contributed by atoms with Gasteiger partial charge < -0.3 is 29.9 Å². The molecular formula is C25H22ClN3O6. The van der Waals surface area contributed by atoms with E-state index in [0.717, 1.165) is 0 Å². The van der Waals surface area contributed by atoms with Gasteiger partial charge in [0.15, 0.2) is 30.1 Å². The summed E-state index contributed by atoms with van der Waals surface area (Å²) in [6.45, 7) is -0.668. The number of benzene rings is 3. The average Bonchev–Trinajstić information content (AvgIpc) is 2.86. The minimum atomic E-state index is -1.65. The lowest BCUT2D eigenvalue weighted by Gasteiger charge is -2.15. The van der Waals surface area contributed by atoms with Crippen LogP contribution in [-0.4, -0.2) is 61.2 Å². The molecule has 0 aliphatic heterocycles. The van der Waals surface area contributed by atoms with Crippen molar-refractivity contribution in [2.45, 2.75) is 12.6 Å². The van der Waals surface area contributed by atoms with E-state index in [0.29, 0.717) is 39.0 Å². The Kier molecular flexibility index (Phi) is 7.86. The van der Waals surface area contributed by atoms with Crippen LogP contribution in [0.5, 0.6) is 11.5 Å². The lowest BCUT2D eigenvalue weighted by molar-refractivity contribution is -0.0683. The molecule has 1 aromatic heterocycles. The fourth-order valence-corrected chi connectivity index (χ4v) is 3.35. The summed E-state index contributed by atoms with van der Waals surface area (Å²) in [7, 11) is 0. The van der Waals surface area contributed by atoms with E-state index in [1.165, 1.54) is 0 Å². The van der Waals surface area contributed by atoms with Crippen LogP contribution in [0.25, 0.3) is 34.2 Å². The lowest BCUT2D eigenvalue weighted by atomic mass is 10.1. The zero-order chi connectivity index (χ0) is 24.8. The molecule has 0 atom stereocenters. The fraction of sp³-hybridized carbons (Fsp3) is 0.160. The Labute approximate surface area is 205 Å². The smallest absolute Gasteiger partial charge is 0.186 e. The zero-order valence-corrected chi connectivity index (χ0v) is 19.1. The number of halogens is 1. The Morgan fingerprint density at radius 2 is 1.03 bits per heavy atom. The third-order valence-corrected chi connectivity index (χ3v) is 5.02. The summed E-state index contributed by atoms with van der Waals surface area (Å²) in [5.41, 5.74) is 1.71. The number of hydrogen-bond donors (Lipinski definition) is 4. The third kappa shape index (κ3) is 6.30. The van der Waals surface area contributed by atoms with Gasteiger partial charge >= 0.3 is 0 Å². The van der Waals surface area contributed by atoms with Crippen LogP contribution in [-0.2, 0) is 0 Å². The van der Waals surface area contributed by atoms with Crippen LogP contribution in [0.4, 0.5) is 0 Å². The number of aromatic nitrogens is 3. The minimum Gasteiger partial charge on any atom is -0.488 e. The van der Waals surface area contributed by atoms with Crippen LogP contribution in [0.2, 0.25) is 5.02 Å². The lowest BCUT2D eigenvalue weighted by Crippen LogP contribution is -2.16. The minimum absolute atomic E-state index is 0.278. The molecule has 0 spiro atoms. The predicted molar refractivity (Wildman–Crippen MR) is 129 cm³/mol. The maximum absolute atomic E-state index is 9.23. The van der Waals surface area contributed by atoms with Gasteiger partial charge in [0.05, 0.1) is 11.1 Å². The van der Waals surface area contributed by atoms with Gasteiger partial charge in [0.1, 0.15) is 24.7 Å². The maximum Gasteiger partial charge on any atom is 0.186 e. The number of aliphatic hydroxyl groups is 4. The van der Waals surface area contributed by atoms with E-state index in [4.69, 9.17) is 21.1 Å². The van der Waals surface area contributed by atoms with Crippen LogP contribution < -0.4 is 9.47 Å². The molecule has 180 valence electrons. The van der Waals surface area contributed by atoms with Crippen molar-refractivity contribution >= 4 is 11.6 Å². The molecule has 0 fully saturated rings. The largest absolute Gasteiger partial charge is 0.488 e. The molecule has 0 radical (unpaired) electrons. The van der Waals surface area contributed by atoms with Crippen LogP contribution in [0.15, 0.2) is 72.8 Å². The first-order valence-corrected chi connectivity index (χ1v) is 11.0. The summed E-state index contributed by atoms with van der Waals surface area (Å²) in [5.74, 6) is 1.62. The Morgan fingerprint density at radius 1 is 0.600 bits per heavy atom. The summed E-state index contributed by atoms with van der Waals surface area (Å²) in [6.07, 6.45) is -3.29. The van der Waals surface area contributed by atoms with Crippen molar-refractivity contribution in [1.82, 2.24) is 15.0 Å². The van der Waals surface area contributed by atoms with Crippen molar-refractivity contribution in [1.29, 1.82) is 0 Å². The van der Waals surface area contributed by atoms with Gasteiger partial charge in [0, 0.05) is 10.6 Å². The monoisotopic (exact) mass is 495 g/mol. The maximum atomic E-state index is 9.23. The van der Waals surface area contributed by atoms with E-state index in [9.17, 15) is 20.4 Å². The molecule has 4 rings (SSSR count). The van der Waals surface area contributed by atoms with Crippen LogP contribution >= 0.6 is 11.6 Å². The highest BCUT2D eigenvalue weighted by Crippen LogP contribution is 2.33. The summed E-state index contributed by atoms with van der Waals surface area (Å²) in [4.78, 5) is 13.9. The van der Waals surface area contributed by atoms with Crippen LogP contribution in [0.3, 0.4) is 0 Å². The van der Waals surface area contributed by atoms with Crippen molar-refractivity contribution in [2.75, 3.05) is 13.2 Å². The highest BCUT2D eigenvalue weighted by atomic mass is 35.5. The number of ether oxygens (including phenoxy) is 2. The molecule has 0 saturated carbocycles. The first kappa shape index (κ1) is 24.5. The topological polar surface area (TPSA) is 138 Å².